The van der Waals surface area contributed by atoms with Crippen molar-refractivity contribution in [3.63, 3.8) is 0 Å². The number of aliphatic hydroxyl groups is 1. The third kappa shape index (κ3) is 2.21. The summed E-state index contributed by atoms with van der Waals surface area (Å²) in [6.45, 7) is 6.89. The van der Waals surface area contributed by atoms with Gasteiger partial charge in [-0.15, -0.1) is 0 Å². The van der Waals surface area contributed by atoms with E-state index in [-0.39, 0.29) is 0 Å². The normalized spacial score (nSPS) is 30.3. The summed E-state index contributed by atoms with van der Waals surface area (Å²) in [5.41, 5.74) is 0.727. The second-order valence-electron chi connectivity index (χ2n) is 5.00. The summed E-state index contributed by atoms with van der Waals surface area (Å²) >= 11 is 0. The summed E-state index contributed by atoms with van der Waals surface area (Å²) in [5, 5.41) is 9.93. The lowest BCUT2D eigenvalue weighted by Gasteiger charge is -2.17. The molecule has 2 nitrogen and oxygen atoms in total. The Labute approximate surface area is 91.5 Å². The third-order valence-electron chi connectivity index (χ3n) is 3.18. The van der Waals surface area contributed by atoms with Gasteiger partial charge in [0.1, 0.15) is 0 Å². The fourth-order valence-corrected chi connectivity index (χ4v) is 2.44. The second kappa shape index (κ2) is 3.62. The Hall–Kier alpha value is -0.860. The van der Waals surface area contributed by atoms with Crippen molar-refractivity contribution in [3.05, 3.63) is 35.9 Å². The first kappa shape index (κ1) is 10.7. The Morgan fingerprint density at radius 1 is 1.27 bits per heavy atom. The number of nitrogens with zero attached hydrogens (tertiary/aromatic N) is 1. The van der Waals surface area contributed by atoms with E-state index in [0.29, 0.717) is 12.1 Å². The highest BCUT2D eigenvalue weighted by Crippen LogP contribution is 2.37. The molecule has 1 fully saturated rings. The van der Waals surface area contributed by atoms with Crippen LogP contribution in [0.4, 0.5) is 0 Å². The fraction of sp³-hybridized carbons (Fsp3) is 0.538. The molecule has 0 spiro atoms. The Morgan fingerprint density at radius 2 is 1.87 bits per heavy atom. The maximum atomic E-state index is 9.93. The molecule has 1 aliphatic rings. The average molecular weight is 205 g/mol. The minimum absolute atomic E-state index is 0.303. The summed E-state index contributed by atoms with van der Waals surface area (Å²) in [5.74, 6) is 0. The van der Waals surface area contributed by atoms with E-state index < -0.39 is 5.60 Å². The first-order valence-corrected chi connectivity index (χ1v) is 5.52. The lowest BCUT2D eigenvalue weighted by Crippen LogP contribution is -2.30. The Morgan fingerprint density at radius 3 is 2.33 bits per heavy atom. The van der Waals surface area contributed by atoms with E-state index >= 15 is 0 Å². The molecule has 2 rings (SSSR count). The summed E-state index contributed by atoms with van der Waals surface area (Å²) in [4.78, 5) is 2.33. The van der Waals surface area contributed by atoms with E-state index in [4.69, 9.17) is 0 Å². The van der Waals surface area contributed by atoms with Crippen LogP contribution in [0.1, 0.15) is 26.3 Å². The van der Waals surface area contributed by atoms with Gasteiger partial charge in [-0.25, -0.2) is 0 Å². The van der Waals surface area contributed by atoms with Crippen molar-refractivity contribution >= 4 is 0 Å². The van der Waals surface area contributed by atoms with Crippen molar-refractivity contribution in [3.8, 4) is 0 Å². The molecular formula is C13H19NO. The standard InChI is InChI=1S/C13H19NO/c1-10-12(13(2,3)15)14(10)9-11-7-5-4-6-8-11/h4-8,10,12,15H,9H2,1-3H3/t10-,12-,14?/m0/s1. The van der Waals surface area contributed by atoms with Crippen molar-refractivity contribution < 1.29 is 5.11 Å². The molecule has 0 amide bonds. The van der Waals surface area contributed by atoms with Gasteiger partial charge in [0, 0.05) is 12.6 Å². The van der Waals surface area contributed by atoms with Crippen LogP contribution in [-0.4, -0.2) is 27.7 Å². The maximum Gasteiger partial charge on any atom is 0.0761 e. The topological polar surface area (TPSA) is 23.2 Å². The van der Waals surface area contributed by atoms with Gasteiger partial charge in [-0.1, -0.05) is 30.3 Å². The number of hydrogen-bond acceptors (Lipinski definition) is 2. The van der Waals surface area contributed by atoms with Gasteiger partial charge in [-0.3, -0.25) is 4.90 Å². The molecule has 1 saturated heterocycles. The van der Waals surface area contributed by atoms with Gasteiger partial charge >= 0.3 is 0 Å². The van der Waals surface area contributed by atoms with Crippen molar-refractivity contribution in [2.75, 3.05) is 0 Å². The lowest BCUT2D eigenvalue weighted by atomic mass is 10.0. The Kier molecular flexibility index (Phi) is 2.57. The van der Waals surface area contributed by atoms with E-state index in [9.17, 15) is 5.11 Å². The van der Waals surface area contributed by atoms with E-state index in [1.807, 2.05) is 19.9 Å². The first-order valence-electron chi connectivity index (χ1n) is 5.52. The van der Waals surface area contributed by atoms with Crippen molar-refractivity contribution in [1.82, 2.24) is 4.90 Å². The van der Waals surface area contributed by atoms with Crippen molar-refractivity contribution in [2.24, 2.45) is 0 Å². The highest BCUT2D eigenvalue weighted by molar-refractivity contribution is 5.18. The minimum atomic E-state index is -0.589. The predicted octanol–water partition coefficient (Wildman–Crippen LogP) is 2.03. The van der Waals surface area contributed by atoms with Crippen LogP contribution in [0.25, 0.3) is 0 Å². The molecule has 0 aromatic heterocycles. The van der Waals surface area contributed by atoms with E-state index in [0.717, 1.165) is 6.54 Å². The quantitative estimate of drug-likeness (QED) is 0.763. The summed E-state index contributed by atoms with van der Waals surface area (Å²) in [7, 11) is 0. The monoisotopic (exact) mass is 205 g/mol. The molecule has 3 atom stereocenters. The van der Waals surface area contributed by atoms with Gasteiger partial charge in [0.2, 0.25) is 0 Å². The summed E-state index contributed by atoms with van der Waals surface area (Å²) < 4.78 is 0. The van der Waals surface area contributed by atoms with Gasteiger partial charge in [0.25, 0.3) is 0 Å². The number of hydrogen-bond donors (Lipinski definition) is 1. The van der Waals surface area contributed by atoms with Crippen LogP contribution in [0, 0.1) is 0 Å². The predicted molar refractivity (Wildman–Crippen MR) is 61.5 cm³/mol. The molecule has 1 aromatic carbocycles. The molecule has 1 unspecified atom stereocenters. The molecule has 2 heteroatoms. The Balaban J connectivity index is 1.99. The van der Waals surface area contributed by atoms with Crippen molar-refractivity contribution in [1.29, 1.82) is 0 Å². The highest BCUT2D eigenvalue weighted by atomic mass is 16.3. The van der Waals surface area contributed by atoms with Crippen LogP contribution in [0.15, 0.2) is 30.3 Å². The molecule has 1 heterocycles. The van der Waals surface area contributed by atoms with Crippen molar-refractivity contribution in [2.45, 2.75) is 45.0 Å². The number of benzene rings is 1. The maximum absolute atomic E-state index is 9.93. The number of rotatable bonds is 3. The van der Waals surface area contributed by atoms with Gasteiger partial charge in [-0.2, -0.15) is 0 Å². The van der Waals surface area contributed by atoms with Gasteiger partial charge < -0.3 is 5.11 Å². The van der Waals surface area contributed by atoms with Gasteiger partial charge in [0.15, 0.2) is 0 Å². The Bertz CT molecular complexity index is 328. The molecule has 1 N–H and O–H groups in total. The molecule has 1 aromatic rings. The first-order chi connectivity index (χ1) is 7.00. The lowest BCUT2D eigenvalue weighted by molar-refractivity contribution is 0.0634. The smallest absolute Gasteiger partial charge is 0.0761 e. The van der Waals surface area contributed by atoms with Crippen LogP contribution in [0.3, 0.4) is 0 Å². The molecule has 1 aliphatic heterocycles. The minimum Gasteiger partial charge on any atom is -0.389 e. The zero-order chi connectivity index (χ0) is 11.1. The van der Waals surface area contributed by atoms with E-state index in [1.54, 1.807) is 0 Å². The van der Waals surface area contributed by atoms with E-state index in [1.165, 1.54) is 5.56 Å². The summed E-state index contributed by atoms with van der Waals surface area (Å²) in [6.07, 6.45) is 0. The van der Waals surface area contributed by atoms with Gasteiger partial charge in [0.05, 0.1) is 11.6 Å². The molecular weight excluding hydrogens is 186 g/mol. The molecule has 0 bridgehead atoms. The van der Waals surface area contributed by atoms with Crippen LogP contribution >= 0.6 is 0 Å². The zero-order valence-electron chi connectivity index (χ0n) is 9.64. The van der Waals surface area contributed by atoms with E-state index in [2.05, 4.69) is 36.1 Å². The molecule has 0 saturated carbocycles. The zero-order valence-corrected chi connectivity index (χ0v) is 9.64. The van der Waals surface area contributed by atoms with Gasteiger partial charge in [-0.05, 0) is 26.3 Å². The fourth-order valence-electron chi connectivity index (χ4n) is 2.44. The molecule has 82 valence electrons. The molecule has 0 aliphatic carbocycles. The molecule has 0 radical (unpaired) electrons. The molecule has 15 heavy (non-hydrogen) atoms. The third-order valence-corrected chi connectivity index (χ3v) is 3.18. The van der Waals surface area contributed by atoms with Crippen LogP contribution in [0.2, 0.25) is 0 Å². The van der Waals surface area contributed by atoms with Crippen LogP contribution in [-0.2, 0) is 6.54 Å². The highest BCUT2D eigenvalue weighted by Gasteiger charge is 2.51. The average Bonchev–Trinajstić information content (AvgIpc) is 2.77. The van der Waals surface area contributed by atoms with Crippen LogP contribution in [0.5, 0.6) is 0 Å². The largest absolute Gasteiger partial charge is 0.389 e. The van der Waals surface area contributed by atoms with Crippen LogP contribution < -0.4 is 0 Å². The SMILES string of the molecule is C[C@H]1[C@@H](C(C)(C)O)N1Cc1ccccc1. The second-order valence-corrected chi connectivity index (χ2v) is 5.00. The summed E-state index contributed by atoms with van der Waals surface area (Å²) in [6, 6.07) is 11.2.